The lowest BCUT2D eigenvalue weighted by Crippen LogP contribution is -2.37. The summed E-state index contributed by atoms with van der Waals surface area (Å²) in [7, 11) is 0. The molecule has 2 N–H and O–H groups in total. The zero-order valence-corrected chi connectivity index (χ0v) is 11.0. The molecule has 0 aromatic carbocycles. The second-order valence-electron chi connectivity index (χ2n) is 4.71. The number of hydrogen-bond donors (Lipinski definition) is 1. The Hall–Kier alpha value is -1.36. The number of nitrogens with two attached hydrogens (primary N) is 1. The molecule has 0 saturated carbocycles. The van der Waals surface area contributed by atoms with Gasteiger partial charge in [0.2, 0.25) is 5.91 Å². The van der Waals surface area contributed by atoms with E-state index >= 15 is 0 Å². The molecule has 1 rings (SSSR count). The van der Waals surface area contributed by atoms with Crippen LogP contribution < -0.4 is 5.73 Å². The Balaban J connectivity index is 2.29. The van der Waals surface area contributed by atoms with Crippen LogP contribution in [0.25, 0.3) is 0 Å². The van der Waals surface area contributed by atoms with Gasteiger partial charge < -0.3 is 10.5 Å². The number of ether oxygens (including phenoxy) is 1. The van der Waals surface area contributed by atoms with E-state index in [4.69, 9.17) is 10.5 Å². The molecule has 1 saturated heterocycles. The monoisotopic (exact) mass is 254 g/mol. The lowest BCUT2D eigenvalue weighted by Gasteiger charge is -2.31. The van der Waals surface area contributed by atoms with Crippen molar-refractivity contribution in [1.82, 2.24) is 4.90 Å². The fourth-order valence-electron chi connectivity index (χ4n) is 2.20. The van der Waals surface area contributed by atoms with Gasteiger partial charge in [-0.2, -0.15) is 0 Å². The summed E-state index contributed by atoms with van der Waals surface area (Å²) < 4.78 is 4.89. The number of amides is 1. The van der Waals surface area contributed by atoms with Gasteiger partial charge in [0.05, 0.1) is 6.61 Å². The molecule has 18 heavy (non-hydrogen) atoms. The van der Waals surface area contributed by atoms with Crippen molar-refractivity contribution in [2.75, 3.05) is 26.2 Å². The molecule has 5 nitrogen and oxygen atoms in total. The highest BCUT2D eigenvalue weighted by molar-refractivity contribution is 5.88. The molecule has 1 amide bonds. The molecule has 1 heterocycles. The van der Waals surface area contributed by atoms with Crippen LogP contribution in [0.3, 0.4) is 0 Å². The summed E-state index contributed by atoms with van der Waals surface area (Å²) in [6, 6.07) is 0. The van der Waals surface area contributed by atoms with Crippen LogP contribution in [0.4, 0.5) is 0 Å². The molecule has 0 aromatic heterocycles. The van der Waals surface area contributed by atoms with Gasteiger partial charge in [0.25, 0.3) is 0 Å². The number of rotatable bonds is 6. The number of piperidine rings is 1. The summed E-state index contributed by atoms with van der Waals surface area (Å²) in [5.74, 6) is -0.171. The van der Waals surface area contributed by atoms with Gasteiger partial charge in [0.1, 0.15) is 0 Å². The van der Waals surface area contributed by atoms with Crippen molar-refractivity contribution in [3.63, 3.8) is 0 Å². The first-order valence-electron chi connectivity index (χ1n) is 6.38. The van der Waals surface area contributed by atoms with Crippen molar-refractivity contribution in [1.29, 1.82) is 0 Å². The minimum Gasteiger partial charge on any atom is -0.463 e. The third kappa shape index (κ3) is 4.87. The molecule has 5 heteroatoms. The first-order valence-corrected chi connectivity index (χ1v) is 6.38. The SMILES string of the molecule is C=C(CN1CCC(CC(N)=O)CC1)C(=O)OCC. The summed E-state index contributed by atoms with van der Waals surface area (Å²) in [4.78, 5) is 24.4. The normalized spacial score (nSPS) is 17.4. The second kappa shape index (κ2) is 7.16. The Morgan fingerprint density at radius 1 is 1.39 bits per heavy atom. The predicted molar refractivity (Wildman–Crippen MR) is 68.7 cm³/mol. The Labute approximate surface area is 108 Å². The Bertz CT molecular complexity index is 320. The number of nitrogens with zero attached hydrogens (tertiary/aromatic N) is 1. The summed E-state index contributed by atoms with van der Waals surface area (Å²) in [6.07, 6.45) is 2.35. The van der Waals surface area contributed by atoms with E-state index in [-0.39, 0.29) is 11.9 Å². The minimum atomic E-state index is -0.322. The number of esters is 1. The minimum absolute atomic E-state index is 0.232. The molecule has 0 bridgehead atoms. The van der Waals surface area contributed by atoms with E-state index in [0.29, 0.717) is 31.1 Å². The summed E-state index contributed by atoms with van der Waals surface area (Å²) >= 11 is 0. The first kappa shape index (κ1) is 14.7. The maximum atomic E-state index is 11.4. The number of carbonyl (C=O) groups excluding carboxylic acids is 2. The molecule has 1 aliphatic heterocycles. The van der Waals surface area contributed by atoms with Crippen molar-refractivity contribution in [2.45, 2.75) is 26.2 Å². The summed E-state index contributed by atoms with van der Waals surface area (Å²) in [6.45, 7) is 8.18. The average molecular weight is 254 g/mol. The summed E-state index contributed by atoms with van der Waals surface area (Å²) in [5.41, 5.74) is 5.67. The van der Waals surface area contributed by atoms with Gasteiger partial charge in [-0.05, 0) is 38.8 Å². The Morgan fingerprint density at radius 3 is 2.50 bits per heavy atom. The van der Waals surface area contributed by atoms with Gasteiger partial charge >= 0.3 is 5.97 Å². The predicted octanol–water partition coefficient (Wildman–Crippen LogP) is 0.693. The smallest absolute Gasteiger partial charge is 0.334 e. The molecule has 1 fully saturated rings. The number of carbonyl (C=O) groups is 2. The van der Waals surface area contributed by atoms with Gasteiger partial charge in [0, 0.05) is 18.5 Å². The largest absolute Gasteiger partial charge is 0.463 e. The van der Waals surface area contributed by atoms with Gasteiger partial charge in [-0.25, -0.2) is 4.79 Å². The molecular formula is C13H22N2O3. The zero-order chi connectivity index (χ0) is 13.5. The van der Waals surface area contributed by atoms with Crippen molar-refractivity contribution < 1.29 is 14.3 Å². The van der Waals surface area contributed by atoms with Crippen LogP contribution >= 0.6 is 0 Å². The second-order valence-corrected chi connectivity index (χ2v) is 4.71. The van der Waals surface area contributed by atoms with Crippen LogP contribution in [0.15, 0.2) is 12.2 Å². The van der Waals surface area contributed by atoms with Crippen molar-refractivity contribution in [3.05, 3.63) is 12.2 Å². The van der Waals surface area contributed by atoms with Crippen LogP contribution in [0.5, 0.6) is 0 Å². The topological polar surface area (TPSA) is 72.6 Å². The highest BCUT2D eigenvalue weighted by Crippen LogP contribution is 2.20. The fraction of sp³-hybridized carbons (Fsp3) is 0.692. The lowest BCUT2D eigenvalue weighted by atomic mass is 9.93. The Kier molecular flexibility index (Phi) is 5.85. The van der Waals surface area contributed by atoms with E-state index in [9.17, 15) is 9.59 Å². The van der Waals surface area contributed by atoms with Gasteiger partial charge in [-0.3, -0.25) is 9.69 Å². The lowest BCUT2D eigenvalue weighted by molar-refractivity contribution is -0.138. The molecule has 0 atom stereocenters. The average Bonchev–Trinajstić information content (AvgIpc) is 2.31. The molecule has 1 aliphatic rings. The summed E-state index contributed by atoms with van der Waals surface area (Å²) in [5, 5.41) is 0. The highest BCUT2D eigenvalue weighted by Gasteiger charge is 2.22. The van der Waals surface area contributed by atoms with Crippen LogP contribution in [0, 0.1) is 5.92 Å². The van der Waals surface area contributed by atoms with Crippen molar-refractivity contribution in [3.8, 4) is 0 Å². The van der Waals surface area contributed by atoms with Crippen LogP contribution in [0.1, 0.15) is 26.2 Å². The van der Waals surface area contributed by atoms with Crippen LogP contribution in [-0.4, -0.2) is 43.0 Å². The maximum Gasteiger partial charge on any atom is 0.334 e. The van der Waals surface area contributed by atoms with Gasteiger partial charge in [-0.15, -0.1) is 0 Å². The van der Waals surface area contributed by atoms with E-state index < -0.39 is 0 Å². The molecule has 0 spiro atoms. The molecule has 0 aliphatic carbocycles. The van der Waals surface area contributed by atoms with Crippen LogP contribution in [0.2, 0.25) is 0 Å². The first-order chi connectivity index (χ1) is 8.52. The highest BCUT2D eigenvalue weighted by atomic mass is 16.5. The number of likely N-dealkylation sites (tertiary alicyclic amines) is 1. The van der Waals surface area contributed by atoms with Crippen LogP contribution in [-0.2, 0) is 14.3 Å². The van der Waals surface area contributed by atoms with E-state index in [1.165, 1.54) is 0 Å². The van der Waals surface area contributed by atoms with Gasteiger partial charge in [-0.1, -0.05) is 6.58 Å². The number of hydrogen-bond acceptors (Lipinski definition) is 4. The fourth-order valence-corrected chi connectivity index (χ4v) is 2.20. The van der Waals surface area contributed by atoms with Gasteiger partial charge in [0.15, 0.2) is 0 Å². The number of primary amides is 1. The molecule has 0 unspecified atom stereocenters. The van der Waals surface area contributed by atoms with Crippen molar-refractivity contribution in [2.24, 2.45) is 11.7 Å². The maximum absolute atomic E-state index is 11.4. The molecule has 0 aromatic rings. The van der Waals surface area contributed by atoms with E-state index in [2.05, 4.69) is 11.5 Å². The van der Waals surface area contributed by atoms with E-state index in [1.807, 2.05) is 0 Å². The quantitative estimate of drug-likeness (QED) is 0.559. The van der Waals surface area contributed by atoms with Crippen molar-refractivity contribution >= 4 is 11.9 Å². The molecular weight excluding hydrogens is 232 g/mol. The third-order valence-corrected chi connectivity index (χ3v) is 3.18. The van der Waals surface area contributed by atoms with E-state index in [1.54, 1.807) is 6.92 Å². The molecule has 0 radical (unpaired) electrons. The zero-order valence-electron chi connectivity index (χ0n) is 11.0. The molecule has 102 valence electrons. The van der Waals surface area contributed by atoms with E-state index in [0.717, 1.165) is 25.9 Å². The standard InChI is InChI=1S/C13H22N2O3/c1-3-18-13(17)10(2)9-15-6-4-11(5-7-15)8-12(14)16/h11H,2-9H2,1H3,(H2,14,16). The third-order valence-electron chi connectivity index (χ3n) is 3.18. The Morgan fingerprint density at radius 2 is 2.00 bits per heavy atom.